The molecule has 0 spiro atoms. The number of rotatable bonds is 7. The lowest BCUT2D eigenvalue weighted by molar-refractivity contribution is -0.122. The third-order valence-electron chi connectivity index (χ3n) is 2.52. The molecule has 1 amide bonds. The van der Waals surface area contributed by atoms with Gasteiger partial charge in [-0.15, -0.1) is 0 Å². The van der Waals surface area contributed by atoms with Crippen molar-refractivity contribution in [2.45, 2.75) is 6.42 Å². The van der Waals surface area contributed by atoms with Gasteiger partial charge in [0, 0.05) is 38.7 Å². The molecule has 0 heterocycles. The van der Waals surface area contributed by atoms with Gasteiger partial charge in [-0.1, -0.05) is 0 Å². The average molecular weight is 252 g/mol. The van der Waals surface area contributed by atoms with E-state index in [4.69, 9.17) is 15.2 Å². The SMILES string of the molecule is COCCCOCC(=O)N(C)c1ccc(N)cc1. The predicted molar refractivity (Wildman–Crippen MR) is 71.6 cm³/mol. The number of methoxy groups -OCH3 is 1. The van der Waals surface area contributed by atoms with Gasteiger partial charge in [-0.3, -0.25) is 4.79 Å². The summed E-state index contributed by atoms with van der Waals surface area (Å²) in [6.45, 7) is 1.24. The Morgan fingerprint density at radius 1 is 1.28 bits per heavy atom. The fourth-order valence-corrected chi connectivity index (χ4v) is 1.40. The molecule has 0 unspecified atom stereocenters. The number of anilines is 2. The highest BCUT2D eigenvalue weighted by Gasteiger charge is 2.10. The second kappa shape index (κ2) is 7.68. The molecule has 0 aromatic heterocycles. The standard InChI is InChI=1S/C13H20N2O3/c1-15(12-6-4-11(14)5-7-12)13(16)10-18-9-3-8-17-2/h4-7H,3,8-10,14H2,1-2H3. The summed E-state index contributed by atoms with van der Waals surface area (Å²) in [5.74, 6) is -0.0859. The maximum absolute atomic E-state index is 11.8. The minimum absolute atomic E-state index is 0.0740. The predicted octanol–water partition coefficient (Wildman–Crippen LogP) is 1.28. The van der Waals surface area contributed by atoms with Crippen molar-refractivity contribution in [2.24, 2.45) is 0 Å². The summed E-state index contributed by atoms with van der Waals surface area (Å²) >= 11 is 0. The number of benzene rings is 1. The van der Waals surface area contributed by atoms with Crippen LogP contribution in [0.1, 0.15) is 6.42 Å². The molecule has 0 fully saturated rings. The van der Waals surface area contributed by atoms with E-state index in [1.165, 1.54) is 0 Å². The number of nitrogens with zero attached hydrogens (tertiary/aromatic N) is 1. The van der Waals surface area contributed by atoms with E-state index in [9.17, 15) is 4.79 Å². The quantitative estimate of drug-likeness (QED) is 0.586. The fraction of sp³-hybridized carbons (Fsp3) is 0.462. The van der Waals surface area contributed by atoms with E-state index < -0.39 is 0 Å². The number of amides is 1. The van der Waals surface area contributed by atoms with Gasteiger partial charge in [0.1, 0.15) is 6.61 Å². The van der Waals surface area contributed by atoms with Crippen molar-refractivity contribution >= 4 is 17.3 Å². The van der Waals surface area contributed by atoms with Crippen LogP contribution in [0.3, 0.4) is 0 Å². The van der Waals surface area contributed by atoms with Crippen LogP contribution in [-0.4, -0.2) is 39.9 Å². The highest BCUT2D eigenvalue weighted by Crippen LogP contribution is 2.14. The number of nitrogen functional groups attached to an aromatic ring is 1. The summed E-state index contributed by atoms with van der Waals surface area (Å²) in [4.78, 5) is 13.4. The number of ether oxygens (including phenoxy) is 2. The summed E-state index contributed by atoms with van der Waals surface area (Å²) in [6.07, 6.45) is 0.787. The number of likely N-dealkylation sites (N-methyl/N-ethyl adjacent to an activating group) is 1. The highest BCUT2D eigenvalue weighted by atomic mass is 16.5. The molecule has 0 aliphatic carbocycles. The van der Waals surface area contributed by atoms with E-state index in [2.05, 4.69) is 0 Å². The van der Waals surface area contributed by atoms with E-state index in [0.29, 0.717) is 18.9 Å². The normalized spacial score (nSPS) is 10.3. The van der Waals surface area contributed by atoms with E-state index in [1.54, 1.807) is 43.3 Å². The lowest BCUT2D eigenvalue weighted by Gasteiger charge is -2.17. The molecule has 2 N–H and O–H groups in total. The van der Waals surface area contributed by atoms with Crippen LogP contribution in [0.5, 0.6) is 0 Å². The number of nitrogens with two attached hydrogens (primary N) is 1. The molecule has 1 aromatic rings. The second-order valence-corrected chi connectivity index (χ2v) is 3.94. The first kappa shape index (κ1) is 14.5. The van der Waals surface area contributed by atoms with Crippen molar-refractivity contribution in [3.63, 3.8) is 0 Å². The third-order valence-corrected chi connectivity index (χ3v) is 2.52. The van der Waals surface area contributed by atoms with Gasteiger partial charge in [0.25, 0.3) is 5.91 Å². The molecule has 5 heteroatoms. The van der Waals surface area contributed by atoms with Crippen LogP contribution in [0.15, 0.2) is 24.3 Å². The molecule has 1 rings (SSSR count). The molecule has 5 nitrogen and oxygen atoms in total. The molecule has 0 aliphatic heterocycles. The van der Waals surface area contributed by atoms with Gasteiger partial charge in [0.15, 0.2) is 0 Å². The molecule has 100 valence electrons. The molecule has 1 aromatic carbocycles. The van der Waals surface area contributed by atoms with Gasteiger partial charge < -0.3 is 20.1 Å². The van der Waals surface area contributed by atoms with Crippen molar-refractivity contribution in [3.05, 3.63) is 24.3 Å². The number of carbonyl (C=O) groups excluding carboxylic acids is 1. The van der Waals surface area contributed by atoms with Crippen LogP contribution >= 0.6 is 0 Å². The highest BCUT2D eigenvalue weighted by molar-refractivity contribution is 5.93. The second-order valence-electron chi connectivity index (χ2n) is 3.94. The summed E-state index contributed by atoms with van der Waals surface area (Å²) in [7, 11) is 3.35. The van der Waals surface area contributed by atoms with E-state index >= 15 is 0 Å². The van der Waals surface area contributed by atoms with Crippen molar-refractivity contribution < 1.29 is 14.3 Å². The van der Waals surface area contributed by atoms with E-state index in [-0.39, 0.29) is 12.5 Å². The van der Waals surface area contributed by atoms with Crippen LogP contribution in [0, 0.1) is 0 Å². The zero-order chi connectivity index (χ0) is 13.4. The minimum Gasteiger partial charge on any atom is -0.399 e. The molecule has 0 saturated carbocycles. The Morgan fingerprint density at radius 2 is 1.94 bits per heavy atom. The Labute approximate surface area is 107 Å². The lowest BCUT2D eigenvalue weighted by Crippen LogP contribution is -2.30. The van der Waals surface area contributed by atoms with Crippen molar-refractivity contribution in [1.82, 2.24) is 0 Å². The monoisotopic (exact) mass is 252 g/mol. The van der Waals surface area contributed by atoms with Gasteiger partial charge in [-0.25, -0.2) is 0 Å². The first-order chi connectivity index (χ1) is 8.65. The zero-order valence-electron chi connectivity index (χ0n) is 10.9. The fourth-order valence-electron chi connectivity index (χ4n) is 1.40. The third kappa shape index (κ3) is 4.73. The van der Waals surface area contributed by atoms with Gasteiger partial charge in [0.05, 0.1) is 0 Å². The van der Waals surface area contributed by atoms with Crippen molar-refractivity contribution in [2.75, 3.05) is 44.6 Å². The summed E-state index contributed by atoms with van der Waals surface area (Å²) in [5, 5.41) is 0. The Hall–Kier alpha value is -1.59. The molecular formula is C13H20N2O3. The molecule has 0 bridgehead atoms. The topological polar surface area (TPSA) is 64.8 Å². The molecule has 0 atom stereocenters. The maximum Gasteiger partial charge on any atom is 0.252 e. The van der Waals surface area contributed by atoms with Crippen LogP contribution in [0.25, 0.3) is 0 Å². The Kier molecular flexibility index (Phi) is 6.18. The molecule has 18 heavy (non-hydrogen) atoms. The van der Waals surface area contributed by atoms with E-state index in [1.807, 2.05) is 0 Å². The van der Waals surface area contributed by atoms with Crippen LogP contribution in [0.2, 0.25) is 0 Å². The van der Waals surface area contributed by atoms with Crippen LogP contribution in [0.4, 0.5) is 11.4 Å². The Bertz CT molecular complexity index is 365. The summed E-state index contributed by atoms with van der Waals surface area (Å²) < 4.78 is 10.2. The van der Waals surface area contributed by atoms with Crippen LogP contribution in [-0.2, 0) is 14.3 Å². The Morgan fingerprint density at radius 3 is 2.56 bits per heavy atom. The van der Waals surface area contributed by atoms with Crippen molar-refractivity contribution in [1.29, 1.82) is 0 Å². The van der Waals surface area contributed by atoms with Gasteiger partial charge in [-0.2, -0.15) is 0 Å². The van der Waals surface area contributed by atoms with E-state index in [0.717, 1.165) is 12.1 Å². The summed E-state index contributed by atoms with van der Waals surface area (Å²) in [6, 6.07) is 7.13. The summed E-state index contributed by atoms with van der Waals surface area (Å²) in [5.41, 5.74) is 7.07. The average Bonchev–Trinajstić information content (AvgIpc) is 2.38. The Balaban J connectivity index is 2.34. The lowest BCUT2D eigenvalue weighted by atomic mass is 10.2. The molecule has 0 saturated heterocycles. The number of carbonyl (C=O) groups is 1. The van der Waals surface area contributed by atoms with Gasteiger partial charge in [-0.05, 0) is 30.7 Å². The number of hydrogen-bond donors (Lipinski definition) is 1. The maximum atomic E-state index is 11.8. The number of hydrogen-bond acceptors (Lipinski definition) is 4. The van der Waals surface area contributed by atoms with Gasteiger partial charge >= 0.3 is 0 Å². The minimum atomic E-state index is -0.0859. The largest absolute Gasteiger partial charge is 0.399 e. The van der Waals surface area contributed by atoms with Crippen LogP contribution < -0.4 is 10.6 Å². The first-order valence-corrected chi connectivity index (χ1v) is 5.84. The van der Waals surface area contributed by atoms with Crippen molar-refractivity contribution in [3.8, 4) is 0 Å². The molecule has 0 aliphatic rings. The smallest absolute Gasteiger partial charge is 0.252 e. The molecule has 0 radical (unpaired) electrons. The first-order valence-electron chi connectivity index (χ1n) is 5.84. The zero-order valence-corrected chi connectivity index (χ0v) is 10.9. The molecular weight excluding hydrogens is 232 g/mol. The van der Waals surface area contributed by atoms with Gasteiger partial charge in [0.2, 0.25) is 0 Å².